The zero-order valence-corrected chi connectivity index (χ0v) is 10.3. The topological polar surface area (TPSA) is 115 Å². The number of carboxylic acids is 1. The van der Waals surface area contributed by atoms with Crippen LogP contribution in [0.15, 0.2) is 23.0 Å². The van der Waals surface area contributed by atoms with Gasteiger partial charge in [-0.25, -0.2) is 4.79 Å². The predicted molar refractivity (Wildman–Crippen MR) is 70.8 cm³/mol. The number of carboxylic acid groups (broad SMARTS) is 1. The Morgan fingerprint density at radius 2 is 1.95 bits per heavy atom. The first-order chi connectivity index (χ1) is 9.56. The second-order valence-corrected chi connectivity index (χ2v) is 4.55. The lowest BCUT2D eigenvalue weighted by Crippen LogP contribution is -2.19. The predicted octanol–water partition coefficient (Wildman–Crippen LogP) is 0.953. The van der Waals surface area contributed by atoms with Crippen LogP contribution in [0.25, 0.3) is 11.1 Å². The highest BCUT2D eigenvalue weighted by molar-refractivity contribution is 5.96. The number of aromatic carboxylic acids is 1. The molecule has 2 aromatic rings. The standard InChI is InChI=1S/C13H11N3O4/c17-9-4-2-6-5-7(1-3-8(6)14-9)10-11(13(19)20)15-16-12(10)18/h1,3,5H,2,4H2,(H,14,17)(H,19,20)(H2,15,16,18). The van der Waals surface area contributed by atoms with Crippen LogP contribution in [0, 0.1) is 0 Å². The van der Waals surface area contributed by atoms with Crippen molar-refractivity contribution in [3.8, 4) is 11.1 Å². The number of hydrogen-bond acceptors (Lipinski definition) is 3. The third-order valence-electron chi connectivity index (χ3n) is 3.28. The van der Waals surface area contributed by atoms with Crippen LogP contribution >= 0.6 is 0 Å². The van der Waals surface area contributed by atoms with Gasteiger partial charge in [-0.1, -0.05) is 6.07 Å². The van der Waals surface area contributed by atoms with Crippen molar-refractivity contribution in [3.05, 3.63) is 39.8 Å². The number of H-pyrrole nitrogens is 2. The number of aromatic amines is 2. The Labute approximate surface area is 112 Å². The Hall–Kier alpha value is -2.83. The maximum Gasteiger partial charge on any atom is 0.354 e. The molecule has 0 unspecified atom stereocenters. The van der Waals surface area contributed by atoms with Gasteiger partial charge in [0.15, 0.2) is 5.69 Å². The van der Waals surface area contributed by atoms with Crippen LogP contribution in [0.2, 0.25) is 0 Å². The smallest absolute Gasteiger partial charge is 0.354 e. The van der Waals surface area contributed by atoms with Crippen LogP contribution in [-0.2, 0) is 11.2 Å². The Balaban J connectivity index is 2.13. The molecule has 20 heavy (non-hydrogen) atoms. The third-order valence-corrected chi connectivity index (χ3v) is 3.28. The second kappa shape index (κ2) is 4.37. The van der Waals surface area contributed by atoms with Crippen molar-refractivity contribution in [3.63, 3.8) is 0 Å². The Bertz CT molecular complexity index is 772. The molecule has 0 aliphatic carbocycles. The van der Waals surface area contributed by atoms with E-state index in [1.165, 1.54) is 0 Å². The van der Waals surface area contributed by atoms with Crippen molar-refractivity contribution >= 4 is 17.6 Å². The molecule has 2 heterocycles. The molecule has 3 rings (SSSR count). The molecule has 0 fully saturated rings. The summed E-state index contributed by atoms with van der Waals surface area (Å²) in [5.41, 5.74) is 1.54. The molecule has 102 valence electrons. The van der Waals surface area contributed by atoms with E-state index in [-0.39, 0.29) is 17.2 Å². The first kappa shape index (κ1) is 12.2. The number of fused-ring (bicyclic) bond motifs is 1. The molecule has 4 N–H and O–H groups in total. The maximum atomic E-state index is 11.7. The average Bonchev–Trinajstić information content (AvgIpc) is 2.80. The van der Waals surface area contributed by atoms with Gasteiger partial charge in [0, 0.05) is 12.1 Å². The lowest BCUT2D eigenvalue weighted by Gasteiger charge is -2.17. The van der Waals surface area contributed by atoms with Crippen molar-refractivity contribution in [1.82, 2.24) is 10.2 Å². The van der Waals surface area contributed by atoms with E-state index in [9.17, 15) is 14.4 Å². The lowest BCUT2D eigenvalue weighted by atomic mass is 9.97. The van der Waals surface area contributed by atoms with Gasteiger partial charge in [0.2, 0.25) is 5.91 Å². The molecule has 1 aliphatic rings. The fraction of sp³-hybridized carbons (Fsp3) is 0.154. The minimum Gasteiger partial charge on any atom is -0.477 e. The Kier molecular flexibility index (Phi) is 2.67. The van der Waals surface area contributed by atoms with Gasteiger partial charge in [0.25, 0.3) is 5.56 Å². The summed E-state index contributed by atoms with van der Waals surface area (Å²) in [5, 5.41) is 16.4. The molecule has 7 heteroatoms. The third kappa shape index (κ3) is 1.89. The number of benzene rings is 1. The highest BCUT2D eigenvalue weighted by Gasteiger charge is 2.20. The number of hydrogen-bond donors (Lipinski definition) is 4. The van der Waals surface area contributed by atoms with E-state index >= 15 is 0 Å². The fourth-order valence-corrected chi connectivity index (χ4v) is 2.33. The van der Waals surface area contributed by atoms with E-state index in [2.05, 4.69) is 15.5 Å². The largest absolute Gasteiger partial charge is 0.477 e. The summed E-state index contributed by atoms with van der Waals surface area (Å²) in [5.74, 6) is -1.25. The van der Waals surface area contributed by atoms with E-state index in [4.69, 9.17) is 5.11 Å². The van der Waals surface area contributed by atoms with Crippen molar-refractivity contribution in [2.24, 2.45) is 0 Å². The van der Waals surface area contributed by atoms with E-state index in [0.29, 0.717) is 24.1 Å². The summed E-state index contributed by atoms with van der Waals surface area (Å²) in [6.45, 7) is 0. The summed E-state index contributed by atoms with van der Waals surface area (Å²) >= 11 is 0. The summed E-state index contributed by atoms with van der Waals surface area (Å²) in [7, 11) is 0. The average molecular weight is 273 g/mol. The number of carbonyl (C=O) groups excluding carboxylic acids is 1. The van der Waals surface area contributed by atoms with Gasteiger partial charge in [-0.05, 0) is 29.7 Å². The van der Waals surface area contributed by atoms with Crippen LogP contribution in [0.4, 0.5) is 5.69 Å². The van der Waals surface area contributed by atoms with Crippen molar-refractivity contribution < 1.29 is 14.7 Å². The molecule has 1 aromatic carbocycles. The van der Waals surface area contributed by atoms with Crippen LogP contribution in [0.1, 0.15) is 22.5 Å². The number of amides is 1. The number of nitrogens with one attached hydrogen (secondary N) is 3. The van der Waals surface area contributed by atoms with Gasteiger partial charge in [-0.3, -0.25) is 19.8 Å². The Morgan fingerprint density at radius 1 is 1.15 bits per heavy atom. The Morgan fingerprint density at radius 3 is 2.70 bits per heavy atom. The van der Waals surface area contributed by atoms with Crippen LogP contribution in [0.3, 0.4) is 0 Å². The van der Waals surface area contributed by atoms with Crippen molar-refractivity contribution in [1.29, 1.82) is 0 Å². The molecule has 0 spiro atoms. The van der Waals surface area contributed by atoms with Crippen LogP contribution < -0.4 is 10.9 Å². The summed E-state index contributed by atoms with van der Waals surface area (Å²) in [4.78, 5) is 34.1. The van der Waals surface area contributed by atoms with Gasteiger partial charge in [-0.2, -0.15) is 0 Å². The molecule has 0 radical (unpaired) electrons. The monoisotopic (exact) mass is 273 g/mol. The van der Waals surface area contributed by atoms with Crippen molar-refractivity contribution in [2.75, 3.05) is 5.32 Å². The lowest BCUT2D eigenvalue weighted by molar-refractivity contribution is -0.116. The molecule has 1 aromatic heterocycles. The molecule has 1 aliphatic heterocycles. The quantitative estimate of drug-likeness (QED) is 0.652. The first-order valence-electron chi connectivity index (χ1n) is 6.03. The molecule has 0 bridgehead atoms. The van der Waals surface area contributed by atoms with Gasteiger partial charge in [-0.15, -0.1) is 0 Å². The zero-order chi connectivity index (χ0) is 14.3. The van der Waals surface area contributed by atoms with Crippen molar-refractivity contribution in [2.45, 2.75) is 12.8 Å². The fourth-order valence-electron chi connectivity index (χ4n) is 2.33. The zero-order valence-electron chi connectivity index (χ0n) is 10.3. The van der Waals surface area contributed by atoms with E-state index in [0.717, 1.165) is 5.56 Å². The highest BCUT2D eigenvalue weighted by Crippen LogP contribution is 2.28. The minimum atomic E-state index is -1.20. The van der Waals surface area contributed by atoms with Gasteiger partial charge < -0.3 is 10.4 Å². The molecule has 0 saturated carbocycles. The molecule has 1 amide bonds. The van der Waals surface area contributed by atoms with Gasteiger partial charge >= 0.3 is 5.97 Å². The van der Waals surface area contributed by atoms with E-state index in [1.807, 2.05) is 0 Å². The van der Waals surface area contributed by atoms with Crippen LogP contribution in [0.5, 0.6) is 0 Å². The number of carbonyl (C=O) groups is 2. The molecular formula is C13H11N3O4. The molecule has 7 nitrogen and oxygen atoms in total. The van der Waals surface area contributed by atoms with Crippen LogP contribution in [-0.4, -0.2) is 27.2 Å². The van der Waals surface area contributed by atoms with E-state index < -0.39 is 11.5 Å². The number of aryl methyl sites for hydroxylation is 1. The first-order valence-corrected chi connectivity index (χ1v) is 6.03. The highest BCUT2D eigenvalue weighted by atomic mass is 16.4. The summed E-state index contributed by atoms with van der Waals surface area (Å²) in [6.07, 6.45) is 0.950. The molecule has 0 saturated heterocycles. The number of aromatic nitrogens is 2. The summed E-state index contributed by atoms with van der Waals surface area (Å²) in [6, 6.07) is 5.04. The second-order valence-electron chi connectivity index (χ2n) is 4.55. The molecular weight excluding hydrogens is 262 g/mol. The minimum absolute atomic E-state index is 0.0454. The number of rotatable bonds is 2. The molecule has 0 atom stereocenters. The SMILES string of the molecule is O=C1CCc2cc(-c3c(C(=O)O)[nH][nH]c3=O)ccc2N1. The van der Waals surface area contributed by atoms with Gasteiger partial charge in [0.1, 0.15) is 0 Å². The maximum absolute atomic E-state index is 11.7. The number of anilines is 1. The summed E-state index contributed by atoms with van der Waals surface area (Å²) < 4.78 is 0. The normalized spacial score (nSPS) is 13.7. The van der Waals surface area contributed by atoms with Gasteiger partial charge in [0.05, 0.1) is 5.56 Å². The van der Waals surface area contributed by atoms with E-state index in [1.54, 1.807) is 18.2 Å².